The van der Waals surface area contributed by atoms with Crippen LogP contribution in [-0.4, -0.2) is 28.7 Å². The molecule has 1 aromatic heterocycles. The molecule has 0 aliphatic heterocycles. The van der Waals surface area contributed by atoms with Crippen molar-refractivity contribution < 1.29 is 4.74 Å². The molecule has 0 aliphatic rings. The molecule has 0 amide bonds. The molecule has 0 spiro atoms. The zero-order chi connectivity index (χ0) is 11.4. The van der Waals surface area contributed by atoms with Crippen LogP contribution in [0.25, 0.3) is 5.69 Å². The molecule has 5 nitrogen and oxygen atoms in total. The number of hydrogen-bond donors (Lipinski definition) is 1. The largest absolute Gasteiger partial charge is 0.384 e. The monoisotopic (exact) mass is 218 g/mol. The van der Waals surface area contributed by atoms with Gasteiger partial charge in [-0.2, -0.15) is 0 Å². The fourth-order valence-electron chi connectivity index (χ4n) is 1.55. The van der Waals surface area contributed by atoms with Crippen LogP contribution in [0.15, 0.2) is 30.5 Å². The number of ether oxygens (including phenoxy) is 1. The van der Waals surface area contributed by atoms with Crippen LogP contribution >= 0.6 is 0 Å². The van der Waals surface area contributed by atoms with Gasteiger partial charge in [0, 0.05) is 7.11 Å². The molecule has 0 fully saturated rings. The Balaban J connectivity index is 2.32. The summed E-state index contributed by atoms with van der Waals surface area (Å²) < 4.78 is 6.75. The van der Waals surface area contributed by atoms with Crippen LogP contribution in [0.1, 0.15) is 5.56 Å². The van der Waals surface area contributed by atoms with Crippen molar-refractivity contribution in [3.05, 3.63) is 36.0 Å². The van der Waals surface area contributed by atoms with Crippen LogP contribution in [0.4, 0.5) is 5.82 Å². The highest BCUT2D eigenvalue weighted by molar-refractivity contribution is 5.41. The molecule has 2 aromatic rings. The minimum Gasteiger partial charge on any atom is -0.384 e. The van der Waals surface area contributed by atoms with Crippen molar-refractivity contribution in [1.29, 1.82) is 0 Å². The number of rotatable bonds is 4. The fourth-order valence-corrected chi connectivity index (χ4v) is 1.55. The van der Waals surface area contributed by atoms with Gasteiger partial charge in [-0.05, 0) is 18.1 Å². The van der Waals surface area contributed by atoms with E-state index in [1.165, 1.54) is 0 Å². The first-order valence-corrected chi connectivity index (χ1v) is 5.06. The van der Waals surface area contributed by atoms with Crippen LogP contribution in [0.2, 0.25) is 0 Å². The lowest BCUT2D eigenvalue weighted by atomic mass is 10.1. The zero-order valence-corrected chi connectivity index (χ0v) is 9.13. The van der Waals surface area contributed by atoms with Crippen LogP contribution in [0.5, 0.6) is 0 Å². The molecule has 0 aliphatic carbocycles. The number of nitrogens with zero attached hydrogens (tertiary/aromatic N) is 3. The smallest absolute Gasteiger partial charge is 0.166 e. The summed E-state index contributed by atoms with van der Waals surface area (Å²) in [7, 11) is 1.69. The Morgan fingerprint density at radius 2 is 2.19 bits per heavy atom. The van der Waals surface area contributed by atoms with E-state index in [1.54, 1.807) is 18.0 Å². The third-order valence-corrected chi connectivity index (χ3v) is 2.33. The van der Waals surface area contributed by atoms with Gasteiger partial charge in [-0.1, -0.05) is 23.4 Å². The van der Waals surface area contributed by atoms with Gasteiger partial charge < -0.3 is 10.5 Å². The number of methoxy groups -OCH3 is 1. The summed E-state index contributed by atoms with van der Waals surface area (Å²) in [6.07, 6.45) is 2.54. The molecular weight excluding hydrogens is 204 g/mol. The van der Waals surface area contributed by atoms with E-state index in [0.717, 1.165) is 17.7 Å². The average molecular weight is 218 g/mol. The Kier molecular flexibility index (Phi) is 3.16. The molecule has 0 saturated heterocycles. The van der Waals surface area contributed by atoms with E-state index in [-0.39, 0.29) is 0 Å². The Morgan fingerprint density at radius 3 is 2.88 bits per heavy atom. The van der Waals surface area contributed by atoms with E-state index >= 15 is 0 Å². The first-order valence-electron chi connectivity index (χ1n) is 5.06. The molecule has 0 bridgehead atoms. The van der Waals surface area contributed by atoms with E-state index in [2.05, 4.69) is 10.3 Å². The molecule has 0 radical (unpaired) electrons. The quantitative estimate of drug-likeness (QED) is 0.832. The predicted molar refractivity (Wildman–Crippen MR) is 61.4 cm³/mol. The minimum atomic E-state index is 0.418. The van der Waals surface area contributed by atoms with E-state index in [0.29, 0.717) is 12.4 Å². The molecule has 2 rings (SSSR count). The Morgan fingerprint density at radius 1 is 1.38 bits per heavy atom. The maximum atomic E-state index is 5.55. The summed E-state index contributed by atoms with van der Waals surface area (Å²) >= 11 is 0. The first-order chi connectivity index (χ1) is 7.81. The molecule has 84 valence electrons. The molecule has 0 unspecified atom stereocenters. The van der Waals surface area contributed by atoms with E-state index in [1.807, 2.05) is 24.3 Å². The number of aromatic nitrogens is 3. The van der Waals surface area contributed by atoms with Gasteiger partial charge in [-0.15, -0.1) is 5.10 Å². The standard InChI is InChI=1S/C11H14N4O/c1-16-7-6-9-4-2-3-5-10(9)15-8-11(12)13-14-15/h2-5,8H,6-7,12H2,1H3. The van der Waals surface area contributed by atoms with E-state index < -0.39 is 0 Å². The second kappa shape index (κ2) is 4.76. The molecular formula is C11H14N4O. The van der Waals surface area contributed by atoms with Crippen molar-refractivity contribution >= 4 is 5.82 Å². The maximum Gasteiger partial charge on any atom is 0.166 e. The van der Waals surface area contributed by atoms with Gasteiger partial charge in [0.05, 0.1) is 18.5 Å². The summed E-state index contributed by atoms with van der Waals surface area (Å²) in [4.78, 5) is 0. The molecule has 1 aromatic carbocycles. The summed E-state index contributed by atoms with van der Waals surface area (Å²) in [5, 5.41) is 7.73. The Bertz CT molecular complexity index is 467. The maximum absolute atomic E-state index is 5.55. The van der Waals surface area contributed by atoms with Gasteiger partial charge in [0.2, 0.25) is 0 Å². The molecule has 16 heavy (non-hydrogen) atoms. The van der Waals surface area contributed by atoms with Crippen molar-refractivity contribution in [1.82, 2.24) is 15.0 Å². The van der Waals surface area contributed by atoms with E-state index in [9.17, 15) is 0 Å². The zero-order valence-electron chi connectivity index (χ0n) is 9.13. The fraction of sp³-hybridized carbons (Fsp3) is 0.273. The van der Waals surface area contributed by atoms with Crippen molar-refractivity contribution in [2.45, 2.75) is 6.42 Å². The Labute approximate surface area is 93.8 Å². The SMILES string of the molecule is COCCc1ccccc1-n1cc(N)nn1. The number of nitrogen functional groups attached to an aromatic ring is 1. The van der Waals surface area contributed by atoms with Gasteiger partial charge >= 0.3 is 0 Å². The van der Waals surface area contributed by atoms with Gasteiger partial charge in [-0.3, -0.25) is 0 Å². The lowest BCUT2D eigenvalue weighted by Crippen LogP contribution is -2.03. The molecule has 1 heterocycles. The van der Waals surface area contributed by atoms with Crippen LogP contribution in [-0.2, 0) is 11.2 Å². The number of benzene rings is 1. The summed E-state index contributed by atoms with van der Waals surface area (Å²) in [6, 6.07) is 7.99. The molecule has 5 heteroatoms. The van der Waals surface area contributed by atoms with Gasteiger partial charge in [0.1, 0.15) is 0 Å². The summed E-state index contributed by atoms with van der Waals surface area (Å²) in [5.74, 6) is 0.418. The highest BCUT2D eigenvalue weighted by Crippen LogP contribution is 2.14. The van der Waals surface area contributed by atoms with Crippen LogP contribution in [0, 0.1) is 0 Å². The molecule has 0 atom stereocenters. The Hall–Kier alpha value is -1.88. The van der Waals surface area contributed by atoms with Crippen molar-refractivity contribution in [2.24, 2.45) is 0 Å². The third kappa shape index (κ3) is 2.20. The number of hydrogen-bond acceptors (Lipinski definition) is 4. The highest BCUT2D eigenvalue weighted by Gasteiger charge is 2.05. The van der Waals surface area contributed by atoms with Crippen LogP contribution in [0.3, 0.4) is 0 Å². The third-order valence-electron chi connectivity index (χ3n) is 2.33. The van der Waals surface area contributed by atoms with Crippen molar-refractivity contribution in [3.63, 3.8) is 0 Å². The second-order valence-corrected chi connectivity index (χ2v) is 3.46. The summed E-state index contributed by atoms with van der Waals surface area (Å²) in [5.41, 5.74) is 7.70. The molecule has 2 N–H and O–H groups in total. The second-order valence-electron chi connectivity index (χ2n) is 3.46. The van der Waals surface area contributed by atoms with Crippen LogP contribution < -0.4 is 5.73 Å². The number of nitrogens with two attached hydrogens (primary N) is 1. The van der Waals surface area contributed by atoms with Crippen molar-refractivity contribution in [2.75, 3.05) is 19.5 Å². The van der Waals surface area contributed by atoms with E-state index in [4.69, 9.17) is 10.5 Å². The average Bonchev–Trinajstić information content (AvgIpc) is 2.73. The normalized spacial score (nSPS) is 10.6. The molecule has 0 saturated carbocycles. The highest BCUT2D eigenvalue weighted by atomic mass is 16.5. The number of para-hydroxylation sites is 1. The van der Waals surface area contributed by atoms with Crippen molar-refractivity contribution in [3.8, 4) is 5.69 Å². The van der Waals surface area contributed by atoms with Gasteiger partial charge in [-0.25, -0.2) is 4.68 Å². The minimum absolute atomic E-state index is 0.418. The summed E-state index contributed by atoms with van der Waals surface area (Å²) in [6.45, 7) is 0.682. The first kappa shape index (κ1) is 10.6. The predicted octanol–water partition coefficient (Wildman–Crippen LogP) is 1.04. The number of anilines is 1. The lowest BCUT2D eigenvalue weighted by molar-refractivity contribution is 0.202. The van der Waals surface area contributed by atoms with Gasteiger partial charge in [0.25, 0.3) is 0 Å². The van der Waals surface area contributed by atoms with Gasteiger partial charge in [0.15, 0.2) is 5.82 Å². The topological polar surface area (TPSA) is 66.0 Å². The lowest BCUT2D eigenvalue weighted by Gasteiger charge is -2.07.